The number of nitrogens with zero attached hydrogens (tertiary/aromatic N) is 1. The average molecular weight is 337 g/mol. The van der Waals surface area contributed by atoms with Crippen molar-refractivity contribution in [2.24, 2.45) is 0 Å². The third kappa shape index (κ3) is 1.30. The van der Waals surface area contributed by atoms with Crippen molar-refractivity contribution in [1.82, 2.24) is 0 Å². The van der Waals surface area contributed by atoms with Gasteiger partial charge in [0, 0.05) is 7.05 Å². The van der Waals surface area contributed by atoms with E-state index in [0.717, 1.165) is 0 Å². The van der Waals surface area contributed by atoms with E-state index >= 15 is 0 Å². The Hall–Kier alpha value is -0.720. The molecule has 16 heavy (non-hydrogen) atoms. The Balaban J connectivity index is 2.83. The number of likely N-dealkylation sites (N-methyl/N-ethyl adjacent to an activating group) is 1. The monoisotopic (exact) mass is 337 g/mol. The molecule has 0 atom stereocenters. The van der Waals surface area contributed by atoms with Gasteiger partial charge in [-0.05, 0) is 48.1 Å². The summed E-state index contributed by atoms with van der Waals surface area (Å²) in [6.45, 7) is 3.34. The fourth-order valence-corrected chi connectivity index (χ4v) is 2.44. The Kier molecular flexibility index (Phi) is 2.49. The van der Waals surface area contributed by atoms with Crippen molar-refractivity contribution in [3.63, 3.8) is 0 Å². The first-order valence-corrected chi connectivity index (χ1v) is 5.82. The molecule has 2 rings (SSSR count). The number of carbonyl (C=O) groups is 1. The first-order valence-electron chi connectivity index (χ1n) is 4.74. The number of anilines is 1. The normalized spacial score (nSPS) is 17.9. The van der Waals surface area contributed by atoms with Gasteiger partial charge in [0.05, 0.1) is 14.7 Å². The molecule has 0 radical (unpaired) electrons. The van der Waals surface area contributed by atoms with Gasteiger partial charge in [-0.1, -0.05) is 0 Å². The van der Waals surface area contributed by atoms with E-state index in [1.807, 2.05) is 0 Å². The van der Waals surface area contributed by atoms with Gasteiger partial charge in [-0.2, -0.15) is 0 Å². The molecule has 0 aliphatic carbocycles. The minimum absolute atomic E-state index is 0.0753. The Bertz CT molecular complexity index is 499. The largest absolute Gasteiger partial charge is 0.312 e. The lowest BCUT2D eigenvalue weighted by molar-refractivity contribution is -0.121. The van der Waals surface area contributed by atoms with Crippen LogP contribution in [-0.2, 0) is 10.2 Å². The summed E-state index contributed by atoms with van der Waals surface area (Å²) < 4.78 is 27.3. The van der Waals surface area contributed by atoms with Crippen LogP contribution >= 0.6 is 22.6 Å². The van der Waals surface area contributed by atoms with Crippen molar-refractivity contribution in [3.8, 4) is 0 Å². The van der Waals surface area contributed by atoms with Gasteiger partial charge in [0.2, 0.25) is 5.91 Å². The lowest BCUT2D eigenvalue weighted by Crippen LogP contribution is -2.33. The predicted octanol–water partition coefficient (Wildman–Crippen LogP) is 2.82. The maximum atomic E-state index is 13.9. The molecule has 0 bridgehead atoms. The van der Waals surface area contributed by atoms with Crippen molar-refractivity contribution >= 4 is 34.2 Å². The molecule has 0 saturated carbocycles. The second-order valence-corrected chi connectivity index (χ2v) is 5.45. The summed E-state index contributed by atoms with van der Waals surface area (Å²) in [4.78, 5) is 13.1. The number of fused-ring (bicyclic) bond motifs is 1. The predicted molar refractivity (Wildman–Crippen MR) is 65.5 cm³/mol. The van der Waals surface area contributed by atoms with Gasteiger partial charge in [0.25, 0.3) is 0 Å². The van der Waals surface area contributed by atoms with E-state index in [2.05, 4.69) is 0 Å². The number of carbonyl (C=O) groups excluding carboxylic acids is 1. The van der Waals surface area contributed by atoms with Crippen LogP contribution in [0.5, 0.6) is 0 Å². The van der Waals surface area contributed by atoms with E-state index in [1.54, 1.807) is 36.4 Å². The van der Waals surface area contributed by atoms with E-state index in [0.29, 0.717) is 5.56 Å². The molecule has 1 aliphatic heterocycles. The molecule has 0 saturated heterocycles. The Morgan fingerprint density at radius 1 is 1.38 bits per heavy atom. The highest BCUT2D eigenvalue weighted by Gasteiger charge is 2.44. The second kappa shape index (κ2) is 3.38. The molecule has 2 nitrogen and oxygen atoms in total. The van der Waals surface area contributed by atoms with E-state index in [9.17, 15) is 13.6 Å². The minimum Gasteiger partial charge on any atom is -0.312 e. The molecule has 1 amide bonds. The average Bonchev–Trinajstić information content (AvgIpc) is 2.37. The molecular weight excluding hydrogens is 327 g/mol. The van der Waals surface area contributed by atoms with Crippen LogP contribution in [0.3, 0.4) is 0 Å². The van der Waals surface area contributed by atoms with Gasteiger partial charge >= 0.3 is 0 Å². The topological polar surface area (TPSA) is 20.3 Å². The highest BCUT2D eigenvalue weighted by Crippen LogP contribution is 2.43. The van der Waals surface area contributed by atoms with E-state index in [1.165, 1.54) is 18.0 Å². The molecule has 0 N–H and O–H groups in total. The SMILES string of the molecule is CN1C(=O)C(C)(C)c2cc(F)c(I)c(F)c21. The maximum absolute atomic E-state index is 13.9. The molecule has 0 aromatic heterocycles. The molecule has 1 aliphatic rings. The molecular formula is C11H10F2INO. The molecule has 5 heteroatoms. The highest BCUT2D eigenvalue weighted by molar-refractivity contribution is 14.1. The minimum atomic E-state index is -0.865. The van der Waals surface area contributed by atoms with Gasteiger partial charge in [-0.3, -0.25) is 4.79 Å². The lowest BCUT2D eigenvalue weighted by Gasteiger charge is -2.16. The van der Waals surface area contributed by atoms with Crippen molar-refractivity contribution in [2.45, 2.75) is 19.3 Å². The molecule has 0 spiro atoms. The zero-order chi connectivity index (χ0) is 12.2. The fourth-order valence-electron chi connectivity index (χ4n) is 2.03. The molecule has 1 aromatic rings. The Morgan fingerprint density at radius 3 is 2.50 bits per heavy atom. The quantitative estimate of drug-likeness (QED) is 0.527. The highest BCUT2D eigenvalue weighted by atomic mass is 127. The third-order valence-electron chi connectivity index (χ3n) is 2.98. The van der Waals surface area contributed by atoms with E-state index in [4.69, 9.17) is 0 Å². The van der Waals surface area contributed by atoms with Gasteiger partial charge in [0.1, 0.15) is 5.82 Å². The lowest BCUT2D eigenvalue weighted by atomic mass is 9.86. The second-order valence-electron chi connectivity index (χ2n) is 4.37. The maximum Gasteiger partial charge on any atom is 0.236 e. The molecule has 0 unspecified atom stereocenters. The van der Waals surface area contributed by atoms with Gasteiger partial charge in [0.15, 0.2) is 5.82 Å². The summed E-state index contributed by atoms with van der Waals surface area (Å²) in [5.74, 6) is -1.49. The smallest absolute Gasteiger partial charge is 0.236 e. The number of amides is 1. The van der Waals surface area contributed by atoms with Crippen LogP contribution in [0.4, 0.5) is 14.5 Å². The van der Waals surface area contributed by atoms with Crippen LogP contribution in [0.25, 0.3) is 0 Å². The zero-order valence-electron chi connectivity index (χ0n) is 9.07. The number of hydrogen-bond donors (Lipinski definition) is 0. The Morgan fingerprint density at radius 2 is 1.94 bits per heavy atom. The summed E-state index contributed by atoms with van der Waals surface area (Å²) >= 11 is 1.60. The van der Waals surface area contributed by atoms with E-state index in [-0.39, 0.29) is 15.2 Å². The third-order valence-corrected chi connectivity index (χ3v) is 3.97. The van der Waals surface area contributed by atoms with Gasteiger partial charge in [-0.25, -0.2) is 8.78 Å². The van der Waals surface area contributed by atoms with Crippen LogP contribution in [-0.4, -0.2) is 13.0 Å². The van der Waals surface area contributed by atoms with Crippen molar-refractivity contribution in [3.05, 3.63) is 26.8 Å². The molecule has 86 valence electrons. The summed E-state index contributed by atoms with van der Waals surface area (Å²) in [5.41, 5.74) is -0.257. The van der Waals surface area contributed by atoms with Gasteiger partial charge in [-0.15, -0.1) is 0 Å². The molecule has 1 aromatic carbocycles. The van der Waals surface area contributed by atoms with Crippen molar-refractivity contribution in [2.75, 3.05) is 11.9 Å². The fraction of sp³-hybridized carbons (Fsp3) is 0.364. The number of hydrogen-bond acceptors (Lipinski definition) is 1. The zero-order valence-corrected chi connectivity index (χ0v) is 11.2. The summed E-state index contributed by atoms with van der Waals surface area (Å²) in [6.07, 6.45) is 0. The summed E-state index contributed by atoms with van der Waals surface area (Å²) in [7, 11) is 1.51. The molecule has 0 fully saturated rings. The number of halogens is 3. The van der Waals surface area contributed by atoms with Crippen LogP contribution in [0.2, 0.25) is 0 Å². The Labute approximate surface area is 106 Å². The van der Waals surface area contributed by atoms with Crippen LogP contribution < -0.4 is 4.90 Å². The van der Waals surface area contributed by atoms with Crippen LogP contribution in [0.15, 0.2) is 6.07 Å². The van der Waals surface area contributed by atoms with Gasteiger partial charge < -0.3 is 4.90 Å². The summed E-state index contributed by atoms with van der Waals surface area (Å²) in [5, 5.41) is 0. The van der Waals surface area contributed by atoms with Crippen molar-refractivity contribution < 1.29 is 13.6 Å². The first-order chi connectivity index (χ1) is 7.28. The number of rotatable bonds is 0. The molecule has 1 heterocycles. The van der Waals surface area contributed by atoms with Crippen LogP contribution in [0.1, 0.15) is 19.4 Å². The first kappa shape index (κ1) is 11.8. The van der Waals surface area contributed by atoms with Crippen LogP contribution in [0, 0.1) is 15.2 Å². The van der Waals surface area contributed by atoms with E-state index < -0.39 is 17.0 Å². The summed E-state index contributed by atoms with van der Waals surface area (Å²) in [6, 6.07) is 1.25. The van der Waals surface area contributed by atoms with Crippen molar-refractivity contribution in [1.29, 1.82) is 0 Å². The number of benzene rings is 1. The standard InChI is InChI=1S/C11H10F2INO/c1-11(2)5-4-6(12)8(14)7(13)9(5)15(3)10(11)16/h4H,1-3H3.